The Hall–Kier alpha value is -2.57. The van der Waals surface area contributed by atoms with Crippen LogP contribution in [-0.4, -0.2) is 34.0 Å². The van der Waals surface area contributed by atoms with Crippen molar-refractivity contribution in [2.45, 2.75) is 6.04 Å². The first kappa shape index (κ1) is 16.3. The van der Waals surface area contributed by atoms with Crippen molar-refractivity contribution >= 4 is 28.2 Å². The van der Waals surface area contributed by atoms with Gasteiger partial charge in [-0.2, -0.15) is 0 Å². The van der Waals surface area contributed by atoms with Crippen LogP contribution in [0.4, 0.5) is 5.69 Å². The van der Waals surface area contributed by atoms with Crippen LogP contribution in [0.5, 0.6) is 5.75 Å². The monoisotopic (exact) mass is 345 g/mol. The molecule has 0 radical (unpaired) electrons. The molecule has 0 amide bonds. The van der Waals surface area contributed by atoms with Crippen LogP contribution in [-0.2, 0) is 0 Å². The minimum atomic E-state index is -0.583. The minimum Gasteiger partial charge on any atom is -0.502 e. The quantitative estimate of drug-likeness (QED) is 0.551. The molecule has 3 aromatic rings. The Morgan fingerprint density at radius 2 is 2.00 bits per heavy atom. The van der Waals surface area contributed by atoms with Gasteiger partial charge in [0.1, 0.15) is 0 Å². The highest BCUT2D eigenvalue weighted by Crippen LogP contribution is 2.36. The zero-order chi connectivity index (χ0) is 17.4. The first-order chi connectivity index (χ1) is 11.4. The molecule has 0 fully saturated rings. The van der Waals surface area contributed by atoms with Gasteiger partial charge in [0.15, 0.2) is 5.75 Å². The zero-order valence-corrected chi connectivity index (χ0v) is 13.9. The van der Waals surface area contributed by atoms with E-state index in [1.54, 1.807) is 6.07 Å². The van der Waals surface area contributed by atoms with Crippen LogP contribution in [0.25, 0.3) is 10.9 Å². The largest absolute Gasteiger partial charge is 0.502 e. The van der Waals surface area contributed by atoms with Crippen LogP contribution in [0.1, 0.15) is 17.2 Å². The van der Waals surface area contributed by atoms with Crippen molar-refractivity contribution in [1.82, 2.24) is 9.88 Å². The van der Waals surface area contributed by atoms with Gasteiger partial charge in [-0.3, -0.25) is 15.0 Å². The molecular formula is C17H16ClN3O3. The first-order valence-electron chi connectivity index (χ1n) is 7.28. The zero-order valence-electron chi connectivity index (χ0n) is 13.2. The number of phenolic OH excluding ortho intramolecular Hbond substituents is 1. The summed E-state index contributed by atoms with van der Waals surface area (Å²) in [6, 6.07) is 9.83. The van der Waals surface area contributed by atoms with Crippen molar-refractivity contribution in [3.63, 3.8) is 0 Å². The molecule has 3 rings (SSSR count). The lowest BCUT2D eigenvalue weighted by Gasteiger charge is -2.24. The second kappa shape index (κ2) is 6.14. The summed E-state index contributed by atoms with van der Waals surface area (Å²) < 4.78 is 0. The van der Waals surface area contributed by atoms with Gasteiger partial charge in [0, 0.05) is 28.2 Å². The highest BCUT2D eigenvalue weighted by molar-refractivity contribution is 6.31. The van der Waals surface area contributed by atoms with Crippen LogP contribution in [0.3, 0.4) is 0 Å². The summed E-state index contributed by atoms with van der Waals surface area (Å²) in [7, 11) is 3.80. The van der Waals surface area contributed by atoms with Gasteiger partial charge in [-0.1, -0.05) is 23.7 Å². The number of benzene rings is 2. The Labute approximate surface area is 143 Å². The second-order valence-corrected chi connectivity index (χ2v) is 6.24. The maximum atomic E-state index is 11.1. The molecule has 6 nitrogen and oxygen atoms in total. The molecule has 2 N–H and O–H groups in total. The number of fused-ring (bicyclic) bond motifs is 1. The van der Waals surface area contributed by atoms with Crippen LogP contribution in [0.15, 0.2) is 42.6 Å². The average molecular weight is 346 g/mol. The average Bonchev–Trinajstić information content (AvgIpc) is 2.91. The van der Waals surface area contributed by atoms with Crippen molar-refractivity contribution < 1.29 is 10.0 Å². The molecule has 0 bridgehead atoms. The van der Waals surface area contributed by atoms with E-state index in [0.29, 0.717) is 5.02 Å². The molecule has 0 aliphatic heterocycles. The third-order valence-electron chi connectivity index (χ3n) is 4.00. The topological polar surface area (TPSA) is 82.4 Å². The molecule has 0 saturated carbocycles. The lowest BCUT2D eigenvalue weighted by Crippen LogP contribution is -2.21. The number of aromatic amines is 1. The minimum absolute atomic E-state index is 0.209. The number of nitrogens with zero attached hydrogens (tertiary/aromatic N) is 2. The van der Waals surface area contributed by atoms with Gasteiger partial charge in [-0.05, 0) is 43.4 Å². The third kappa shape index (κ3) is 2.81. The van der Waals surface area contributed by atoms with Crippen LogP contribution in [0.2, 0.25) is 5.02 Å². The molecule has 1 aromatic heterocycles. The van der Waals surface area contributed by atoms with Gasteiger partial charge in [0.25, 0.3) is 0 Å². The Morgan fingerprint density at radius 1 is 1.25 bits per heavy atom. The van der Waals surface area contributed by atoms with Gasteiger partial charge in [0.05, 0.1) is 11.0 Å². The molecule has 0 aliphatic carbocycles. The Bertz CT molecular complexity index is 921. The van der Waals surface area contributed by atoms with E-state index in [0.717, 1.165) is 22.0 Å². The molecule has 0 aliphatic rings. The molecule has 0 spiro atoms. The lowest BCUT2D eigenvalue weighted by atomic mass is 9.96. The number of nitrogens with one attached hydrogen (secondary N) is 1. The highest BCUT2D eigenvalue weighted by atomic mass is 35.5. The molecule has 7 heteroatoms. The second-order valence-electron chi connectivity index (χ2n) is 5.81. The number of rotatable bonds is 4. The van der Waals surface area contributed by atoms with Crippen molar-refractivity contribution in [2.75, 3.05) is 14.1 Å². The van der Waals surface area contributed by atoms with Crippen molar-refractivity contribution in [2.24, 2.45) is 0 Å². The Kier molecular flexibility index (Phi) is 4.17. The Balaban J connectivity index is 2.17. The normalized spacial score (nSPS) is 12.7. The predicted molar refractivity (Wildman–Crippen MR) is 93.6 cm³/mol. The molecule has 0 saturated heterocycles. The number of H-pyrrole nitrogens is 1. The number of hydrogen-bond acceptors (Lipinski definition) is 4. The van der Waals surface area contributed by atoms with Crippen LogP contribution in [0, 0.1) is 10.1 Å². The maximum Gasteiger partial charge on any atom is 0.311 e. The van der Waals surface area contributed by atoms with Crippen LogP contribution >= 0.6 is 11.6 Å². The van der Waals surface area contributed by atoms with Crippen molar-refractivity contribution in [3.05, 3.63) is 68.9 Å². The fraction of sp³-hybridized carbons (Fsp3) is 0.176. The van der Waals surface area contributed by atoms with E-state index >= 15 is 0 Å². The smallest absolute Gasteiger partial charge is 0.311 e. The molecule has 24 heavy (non-hydrogen) atoms. The first-order valence-corrected chi connectivity index (χ1v) is 7.66. The van der Waals surface area contributed by atoms with Crippen LogP contribution < -0.4 is 0 Å². The van der Waals surface area contributed by atoms with E-state index in [4.69, 9.17) is 11.6 Å². The maximum absolute atomic E-state index is 11.1. The number of hydrogen-bond donors (Lipinski definition) is 2. The van der Waals surface area contributed by atoms with Gasteiger partial charge >= 0.3 is 5.69 Å². The van der Waals surface area contributed by atoms with Crippen molar-refractivity contribution in [3.8, 4) is 5.75 Å². The Morgan fingerprint density at radius 3 is 2.67 bits per heavy atom. The van der Waals surface area contributed by atoms with Crippen molar-refractivity contribution in [1.29, 1.82) is 0 Å². The van der Waals surface area contributed by atoms with Gasteiger partial charge in [0.2, 0.25) is 0 Å². The summed E-state index contributed by atoms with van der Waals surface area (Å²) in [6.07, 6.45) is 1.88. The van der Waals surface area contributed by atoms with E-state index in [1.807, 2.05) is 43.4 Å². The molecule has 1 unspecified atom stereocenters. The molecule has 1 atom stereocenters. The summed E-state index contributed by atoms with van der Waals surface area (Å²) in [5.41, 5.74) is 2.30. The SMILES string of the molecule is CN(C)C(c1ccc(O)c([N+](=O)[O-])c1)c1c[nH]c2cc(Cl)ccc12. The molecule has 2 aromatic carbocycles. The fourth-order valence-electron chi connectivity index (χ4n) is 2.96. The molecular weight excluding hydrogens is 330 g/mol. The standard InChI is InChI=1S/C17H16ClN3O3/c1-20(2)17(10-3-6-16(22)15(7-10)21(23)24)13-9-19-14-8-11(18)4-5-12(13)14/h3-9,17,19,22H,1-2H3. The number of aromatic nitrogens is 1. The summed E-state index contributed by atoms with van der Waals surface area (Å²) >= 11 is 6.03. The summed E-state index contributed by atoms with van der Waals surface area (Å²) in [5.74, 6) is -0.341. The summed E-state index contributed by atoms with van der Waals surface area (Å²) in [4.78, 5) is 15.7. The van der Waals surface area contributed by atoms with Gasteiger partial charge in [-0.25, -0.2) is 0 Å². The third-order valence-corrected chi connectivity index (χ3v) is 4.23. The summed E-state index contributed by atoms with van der Waals surface area (Å²) in [6.45, 7) is 0. The lowest BCUT2D eigenvalue weighted by molar-refractivity contribution is -0.385. The van der Waals surface area contributed by atoms with E-state index in [2.05, 4.69) is 4.98 Å². The fourth-order valence-corrected chi connectivity index (χ4v) is 3.13. The summed E-state index contributed by atoms with van der Waals surface area (Å²) in [5, 5.41) is 22.4. The number of phenols is 1. The van der Waals surface area contributed by atoms with Gasteiger partial charge < -0.3 is 10.1 Å². The van der Waals surface area contributed by atoms with Gasteiger partial charge in [-0.15, -0.1) is 0 Å². The predicted octanol–water partition coefficient (Wildman–Crippen LogP) is 4.09. The van der Waals surface area contributed by atoms with E-state index in [1.165, 1.54) is 12.1 Å². The molecule has 1 heterocycles. The number of nitro benzene ring substituents is 1. The van der Waals surface area contributed by atoms with E-state index in [-0.39, 0.29) is 17.5 Å². The number of halogens is 1. The molecule has 124 valence electrons. The highest BCUT2D eigenvalue weighted by Gasteiger charge is 2.24. The number of aromatic hydroxyl groups is 1. The number of nitro groups is 1. The van der Waals surface area contributed by atoms with E-state index in [9.17, 15) is 15.2 Å². The van der Waals surface area contributed by atoms with E-state index < -0.39 is 4.92 Å².